The van der Waals surface area contributed by atoms with E-state index in [2.05, 4.69) is 31.3 Å². The summed E-state index contributed by atoms with van der Waals surface area (Å²) in [6.07, 6.45) is 7.25. The highest BCUT2D eigenvalue weighted by Gasteiger charge is 2.34. The zero-order valence-corrected chi connectivity index (χ0v) is 9.64. The molecule has 1 aliphatic heterocycles. The van der Waals surface area contributed by atoms with Crippen molar-refractivity contribution in [2.75, 3.05) is 19.8 Å². The van der Waals surface area contributed by atoms with Crippen molar-refractivity contribution < 1.29 is 0 Å². The van der Waals surface area contributed by atoms with Crippen LogP contribution < -0.4 is 5.32 Å². The second-order valence-electron chi connectivity index (χ2n) is 4.23. The molecule has 2 nitrogen and oxygen atoms in total. The van der Waals surface area contributed by atoms with E-state index in [-0.39, 0.29) is 0 Å². The molecule has 0 bridgehead atoms. The van der Waals surface area contributed by atoms with Gasteiger partial charge in [0.05, 0.1) is 6.67 Å². The third-order valence-electron chi connectivity index (χ3n) is 3.33. The van der Waals surface area contributed by atoms with Crippen molar-refractivity contribution in [3.8, 4) is 0 Å². The lowest BCUT2D eigenvalue weighted by atomic mass is 9.83. The van der Waals surface area contributed by atoms with E-state index in [0.717, 1.165) is 6.67 Å². The summed E-state index contributed by atoms with van der Waals surface area (Å²) >= 11 is 2.42. The first-order valence-electron chi connectivity index (χ1n) is 4.92. The summed E-state index contributed by atoms with van der Waals surface area (Å²) in [7, 11) is 0. The largest absolute Gasteiger partial charge is 0.303 e. The molecule has 0 aromatic heterocycles. The number of rotatable bonds is 0. The summed E-state index contributed by atoms with van der Waals surface area (Å²) in [6, 6.07) is 0. The fourth-order valence-electron chi connectivity index (χ4n) is 2.52. The van der Waals surface area contributed by atoms with Crippen molar-refractivity contribution in [2.45, 2.75) is 32.1 Å². The molecule has 2 rings (SSSR count). The van der Waals surface area contributed by atoms with Crippen LogP contribution in [-0.4, -0.2) is 22.9 Å². The van der Waals surface area contributed by atoms with Gasteiger partial charge in [-0.25, -0.2) is 3.11 Å². The van der Waals surface area contributed by atoms with E-state index in [1.165, 1.54) is 45.2 Å². The summed E-state index contributed by atoms with van der Waals surface area (Å²) < 4.78 is 2.37. The molecule has 70 valence electrons. The minimum absolute atomic E-state index is 0.680. The van der Waals surface area contributed by atoms with E-state index in [1.807, 2.05) is 0 Å². The van der Waals surface area contributed by atoms with E-state index < -0.39 is 0 Å². The molecule has 0 atom stereocenters. The lowest BCUT2D eigenvalue weighted by molar-refractivity contribution is 0.277. The van der Waals surface area contributed by atoms with Crippen LogP contribution >= 0.6 is 22.9 Å². The quantitative estimate of drug-likeness (QED) is 0.540. The predicted octanol–water partition coefficient (Wildman–Crippen LogP) is 2.15. The number of hydrogen-bond acceptors (Lipinski definition) is 2. The molecular weight excluding hydrogens is 263 g/mol. The Balaban J connectivity index is 1.97. The van der Waals surface area contributed by atoms with Gasteiger partial charge in [-0.05, 0) is 24.7 Å². The predicted molar refractivity (Wildman–Crippen MR) is 59.1 cm³/mol. The van der Waals surface area contributed by atoms with Gasteiger partial charge in [-0.2, -0.15) is 0 Å². The molecule has 12 heavy (non-hydrogen) atoms. The minimum Gasteiger partial charge on any atom is -0.303 e. The normalized spacial score (nSPS) is 30.8. The molecule has 1 saturated heterocycles. The van der Waals surface area contributed by atoms with Gasteiger partial charge >= 0.3 is 0 Å². The minimum atomic E-state index is 0.680. The van der Waals surface area contributed by atoms with Crippen LogP contribution in [-0.2, 0) is 0 Å². The Hall–Kier alpha value is 0.650. The SMILES string of the molecule is IN1CCC2(CCCC2)CNC1. The van der Waals surface area contributed by atoms with Crippen LogP contribution in [0.1, 0.15) is 32.1 Å². The molecule has 1 spiro atoms. The molecule has 1 heterocycles. The highest BCUT2D eigenvalue weighted by atomic mass is 127. The van der Waals surface area contributed by atoms with Gasteiger partial charge < -0.3 is 5.32 Å². The zero-order valence-electron chi connectivity index (χ0n) is 7.48. The zero-order chi connectivity index (χ0) is 8.44. The smallest absolute Gasteiger partial charge is 0.0574 e. The summed E-state index contributed by atoms with van der Waals surface area (Å²) in [6.45, 7) is 3.60. The third kappa shape index (κ3) is 1.93. The molecule has 0 radical (unpaired) electrons. The molecule has 1 saturated carbocycles. The second-order valence-corrected chi connectivity index (χ2v) is 5.59. The van der Waals surface area contributed by atoms with Crippen molar-refractivity contribution in [1.29, 1.82) is 0 Å². The van der Waals surface area contributed by atoms with Crippen LogP contribution in [0.2, 0.25) is 0 Å². The van der Waals surface area contributed by atoms with Gasteiger partial charge in [0.1, 0.15) is 0 Å². The van der Waals surface area contributed by atoms with Crippen molar-refractivity contribution in [3.05, 3.63) is 0 Å². The van der Waals surface area contributed by atoms with E-state index in [9.17, 15) is 0 Å². The maximum absolute atomic E-state index is 3.55. The Kier molecular flexibility index (Phi) is 2.92. The monoisotopic (exact) mass is 280 g/mol. The highest BCUT2D eigenvalue weighted by molar-refractivity contribution is 14.1. The van der Waals surface area contributed by atoms with E-state index in [0.29, 0.717) is 5.41 Å². The number of hydrogen-bond donors (Lipinski definition) is 1. The van der Waals surface area contributed by atoms with E-state index >= 15 is 0 Å². The van der Waals surface area contributed by atoms with Gasteiger partial charge in [0.15, 0.2) is 0 Å². The topological polar surface area (TPSA) is 15.3 Å². The lowest BCUT2D eigenvalue weighted by Gasteiger charge is -2.26. The van der Waals surface area contributed by atoms with Crippen LogP contribution in [0.15, 0.2) is 0 Å². The van der Waals surface area contributed by atoms with Gasteiger partial charge in [-0.1, -0.05) is 12.8 Å². The Morgan fingerprint density at radius 2 is 1.92 bits per heavy atom. The first-order valence-corrected chi connectivity index (χ1v) is 5.89. The molecule has 2 fully saturated rings. The van der Waals surface area contributed by atoms with Crippen LogP contribution in [0, 0.1) is 5.41 Å². The van der Waals surface area contributed by atoms with Crippen molar-refractivity contribution in [1.82, 2.24) is 8.43 Å². The Bertz CT molecular complexity index is 155. The summed E-state index contributed by atoms with van der Waals surface area (Å²) in [5.74, 6) is 0. The van der Waals surface area contributed by atoms with Crippen LogP contribution in [0.25, 0.3) is 0 Å². The van der Waals surface area contributed by atoms with Crippen molar-refractivity contribution >= 4 is 22.9 Å². The molecule has 0 unspecified atom stereocenters. The summed E-state index contributed by atoms with van der Waals surface area (Å²) in [5.41, 5.74) is 0.680. The van der Waals surface area contributed by atoms with Crippen molar-refractivity contribution in [2.24, 2.45) is 5.41 Å². The summed E-state index contributed by atoms with van der Waals surface area (Å²) in [5, 5.41) is 3.55. The molecule has 0 aromatic carbocycles. The Labute approximate surface area is 88.6 Å². The fourth-order valence-corrected chi connectivity index (χ4v) is 3.00. The van der Waals surface area contributed by atoms with E-state index in [1.54, 1.807) is 0 Å². The van der Waals surface area contributed by atoms with Gasteiger partial charge in [-0.3, -0.25) is 0 Å². The Morgan fingerprint density at radius 3 is 2.67 bits per heavy atom. The van der Waals surface area contributed by atoms with Gasteiger partial charge in [0, 0.05) is 36.0 Å². The molecule has 2 aliphatic rings. The average Bonchev–Trinajstić information content (AvgIpc) is 2.42. The first kappa shape index (κ1) is 9.21. The molecule has 1 N–H and O–H groups in total. The van der Waals surface area contributed by atoms with Crippen molar-refractivity contribution in [3.63, 3.8) is 0 Å². The van der Waals surface area contributed by atoms with Crippen LogP contribution in [0.4, 0.5) is 0 Å². The summed E-state index contributed by atoms with van der Waals surface area (Å²) in [4.78, 5) is 0. The second kappa shape index (κ2) is 3.80. The van der Waals surface area contributed by atoms with Crippen LogP contribution in [0.5, 0.6) is 0 Å². The molecule has 0 aromatic rings. The highest BCUT2D eigenvalue weighted by Crippen LogP contribution is 2.41. The first-order chi connectivity index (χ1) is 5.81. The van der Waals surface area contributed by atoms with Gasteiger partial charge in [-0.15, -0.1) is 0 Å². The molecule has 0 amide bonds. The fraction of sp³-hybridized carbons (Fsp3) is 1.00. The number of nitrogens with one attached hydrogen (secondary N) is 1. The van der Waals surface area contributed by atoms with Gasteiger partial charge in [0.25, 0.3) is 0 Å². The standard InChI is InChI=1S/C9H17IN2/c10-12-6-5-9(7-11-8-12)3-1-2-4-9/h11H,1-8H2. The third-order valence-corrected chi connectivity index (χ3v) is 4.16. The van der Waals surface area contributed by atoms with Gasteiger partial charge in [0.2, 0.25) is 0 Å². The van der Waals surface area contributed by atoms with Crippen LogP contribution in [0.3, 0.4) is 0 Å². The number of halogens is 1. The average molecular weight is 280 g/mol. The molecule has 3 heteroatoms. The Morgan fingerprint density at radius 1 is 1.17 bits per heavy atom. The molecule has 1 aliphatic carbocycles. The van der Waals surface area contributed by atoms with E-state index in [4.69, 9.17) is 0 Å². The maximum Gasteiger partial charge on any atom is 0.0574 e. The number of nitrogens with zero attached hydrogens (tertiary/aromatic N) is 1. The maximum atomic E-state index is 3.55. The lowest BCUT2D eigenvalue weighted by Crippen LogP contribution is -2.30. The molecular formula is C9H17IN2.